The molecule has 0 heterocycles. The van der Waals surface area contributed by atoms with Crippen LogP contribution in [0.2, 0.25) is 0 Å². The van der Waals surface area contributed by atoms with E-state index in [2.05, 4.69) is 24.2 Å². The van der Waals surface area contributed by atoms with Crippen molar-refractivity contribution in [2.75, 3.05) is 26.7 Å². The van der Waals surface area contributed by atoms with Crippen molar-refractivity contribution in [2.45, 2.75) is 57.9 Å². The molecule has 0 aromatic rings. The van der Waals surface area contributed by atoms with Gasteiger partial charge in [-0.2, -0.15) is 0 Å². The molecular formula is C14H28N2. The Kier molecular flexibility index (Phi) is 4.26. The van der Waals surface area contributed by atoms with Gasteiger partial charge in [-0.15, -0.1) is 0 Å². The highest BCUT2D eigenvalue weighted by Crippen LogP contribution is 2.38. The van der Waals surface area contributed by atoms with Gasteiger partial charge in [0.15, 0.2) is 0 Å². The maximum absolute atomic E-state index is 3.76. The number of hydrogen-bond donors (Lipinski definition) is 1. The zero-order valence-corrected chi connectivity index (χ0v) is 11.1. The van der Waals surface area contributed by atoms with Crippen LogP contribution >= 0.6 is 0 Å². The Hall–Kier alpha value is -0.0800. The van der Waals surface area contributed by atoms with Gasteiger partial charge in [0.05, 0.1) is 0 Å². The van der Waals surface area contributed by atoms with Gasteiger partial charge >= 0.3 is 0 Å². The van der Waals surface area contributed by atoms with Crippen molar-refractivity contribution in [3.8, 4) is 0 Å². The van der Waals surface area contributed by atoms with E-state index in [0.717, 1.165) is 6.04 Å². The standard InChI is InChI=1S/C14H28N2/c1-3-10-16(2)12-14(8-4-5-9-14)11-15-13-6-7-13/h13,15H,3-12H2,1-2H3. The predicted octanol–water partition coefficient (Wildman–Crippen LogP) is 2.64. The van der Waals surface area contributed by atoms with E-state index in [0.29, 0.717) is 5.41 Å². The molecule has 0 unspecified atom stereocenters. The fraction of sp³-hybridized carbons (Fsp3) is 1.00. The molecule has 16 heavy (non-hydrogen) atoms. The molecule has 2 fully saturated rings. The molecule has 0 spiro atoms. The monoisotopic (exact) mass is 224 g/mol. The Balaban J connectivity index is 1.81. The minimum absolute atomic E-state index is 0.604. The number of rotatable bonds is 7. The molecule has 0 atom stereocenters. The SMILES string of the molecule is CCCN(C)CC1(CNC2CC2)CCCC1. The normalized spacial score (nSPS) is 24.2. The number of nitrogens with zero attached hydrogens (tertiary/aromatic N) is 1. The van der Waals surface area contributed by atoms with Crippen LogP contribution in [0.25, 0.3) is 0 Å². The Bertz CT molecular complexity index is 205. The quantitative estimate of drug-likeness (QED) is 0.715. The molecule has 0 aliphatic heterocycles. The van der Waals surface area contributed by atoms with E-state index in [4.69, 9.17) is 0 Å². The molecule has 0 bridgehead atoms. The summed E-state index contributed by atoms with van der Waals surface area (Å²) in [5.74, 6) is 0. The van der Waals surface area contributed by atoms with Crippen LogP contribution in [0.15, 0.2) is 0 Å². The summed E-state index contributed by atoms with van der Waals surface area (Å²) in [5.41, 5.74) is 0.604. The molecule has 2 aliphatic carbocycles. The Labute approximate surface area is 101 Å². The van der Waals surface area contributed by atoms with Crippen LogP contribution in [0, 0.1) is 5.41 Å². The largest absolute Gasteiger partial charge is 0.313 e. The molecular weight excluding hydrogens is 196 g/mol. The van der Waals surface area contributed by atoms with E-state index < -0.39 is 0 Å². The van der Waals surface area contributed by atoms with Crippen LogP contribution in [-0.2, 0) is 0 Å². The molecule has 94 valence electrons. The van der Waals surface area contributed by atoms with E-state index in [9.17, 15) is 0 Å². The molecule has 1 N–H and O–H groups in total. The number of nitrogens with one attached hydrogen (secondary N) is 1. The topological polar surface area (TPSA) is 15.3 Å². The maximum Gasteiger partial charge on any atom is 0.00684 e. The minimum atomic E-state index is 0.604. The summed E-state index contributed by atoms with van der Waals surface area (Å²) in [6.45, 7) is 6.11. The Morgan fingerprint density at radius 1 is 1.25 bits per heavy atom. The zero-order valence-electron chi connectivity index (χ0n) is 11.1. The van der Waals surface area contributed by atoms with Gasteiger partial charge in [-0.1, -0.05) is 19.8 Å². The fourth-order valence-corrected chi connectivity index (χ4v) is 3.20. The maximum atomic E-state index is 3.76. The van der Waals surface area contributed by atoms with Gasteiger partial charge in [-0.05, 0) is 51.1 Å². The lowest BCUT2D eigenvalue weighted by Gasteiger charge is -2.34. The second-order valence-corrected chi connectivity index (χ2v) is 6.10. The first-order chi connectivity index (χ1) is 7.74. The summed E-state index contributed by atoms with van der Waals surface area (Å²) in [4.78, 5) is 2.54. The second kappa shape index (κ2) is 5.50. The molecule has 2 aliphatic rings. The molecule has 0 amide bonds. The van der Waals surface area contributed by atoms with Crippen molar-refractivity contribution in [3.05, 3.63) is 0 Å². The summed E-state index contributed by atoms with van der Waals surface area (Å²) in [6, 6.07) is 0.869. The first-order valence-corrected chi connectivity index (χ1v) is 7.16. The third kappa shape index (κ3) is 3.46. The molecule has 2 rings (SSSR count). The molecule has 2 saturated carbocycles. The highest BCUT2D eigenvalue weighted by molar-refractivity contribution is 4.92. The van der Waals surface area contributed by atoms with E-state index >= 15 is 0 Å². The first-order valence-electron chi connectivity index (χ1n) is 7.16. The average molecular weight is 224 g/mol. The minimum Gasteiger partial charge on any atom is -0.313 e. The summed E-state index contributed by atoms with van der Waals surface area (Å²) >= 11 is 0. The molecule has 2 nitrogen and oxygen atoms in total. The number of hydrogen-bond acceptors (Lipinski definition) is 2. The first kappa shape index (κ1) is 12.4. The van der Waals surface area contributed by atoms with Crippen molar-refractivity contribution >= 4 is 0 Å². The van der Waals surface area contributed by atoms with E-state index in [1.165, 1.54) is 64.6 Å². The van der Waals surface area contributed by atoms with Gasteiger partial charge in [0.2, 0.25) is 0 Å². The lowest BCUT2D eigenvalue weighted by atomic mass is 9.85. The molecule has 2 heteroatoms. The summed E-state index contributed by atoms with van der Waals surface area (Å²) in [5, 5.41) is 3.76. The van der Waals surface area contributed by atoms with Crippen LogP contribution in [0.5, 0.6) is 0 Å². The highest BCUT2D eigenvalue weighted by atomic mass is 15.1. The molecule has 0 saturated heterocycles. The van der Waals surface area contributed by atoms with Gasteiger partial charge in [0.1, 0.15) is 0 Å². The Morgan fingerprint density at radius 3 is 2.50 bits per heavy atom. The van der Waals surface area contributed by atoms with Crippen molar-refractivity contribution < 1.29 is 0 Å². The third-order valence-corrected chi connectivity index (χ3v) is 4.22. The third-order valence-electron chi connectivity index (χ3n) is 4.22. The van der Waals surface area contributed by atoms with Crippen molar-refractivity contribution in [1.29, 1.82) is 0 Å². The van der Waals surface area contributed by atoms with Crippen LogP contribution in [-0.4, -0.2) is 37.6 Å². The summed E-state index contributed by atoms with van der Waals surface area (Å²) < 4.78 is 0. The zero-order chi connectivity index (χ0) is 11.4. The molecule has 0 aromatic carbocycles. The average Bonchev–Trinajstić information content (AvgIpc) is 2.98. The van der Waals surface area contributed by atoms with Gasteiger partial charge < -0.3 is 10.2 Å². The van der Waals surface area contributed by atoms with Crippen molar-refractivity contribution in [2.24, 2.45) is 5.41 Å². The van der Waals surface area contributed by atoms with Gasteiger partial charge in [-0.3, -0.25) is 0 Å². The van der Waals surface area contributed by atoms with E-state index in [1.54, 1.807) is 0 Å². The highest BCUT2D eigenvalue weighted by Gasteiger charge is 2.36. The van der Waals surface area contributed by atoms with Crippen molar-refractivity contribution in [3.63, 3.8) is 0 Å². The van der Waals surface area contributed by atoms with E-state index in [1.807, 2.05) is 0 Å². The Morgan fingerprint density at radius 2 is 1.94 bits per heavy atom. The second-order valence-electron chi connectivity index (χ2n) is 6.10. The summed E-state index contributed by atoms with van der Waals surface area (Å²) in [7, 11) is 2.29. The van der Waals surface area contributed by atoms with Gasteiger partial charge in [-0.25, -0.2) is 0 Å². The lowest BCUT2D eigenvalue weighted by Crippen LogP contribution is -2.42. The van der Waals surface area contributed by atoms with Crippen LogP contribution in [0.1, 0.15) is 51.9 Å². The van der Waals surface area contributed by atoms with E-state index in [-0.39, 0.29) is 0 Å². The lowest BCUT2D eigenvalue weighted by molar-refractivity contribution is 0.172. The summed E-state index contributed by atoms with van der Waals surface area (Å²) in [6.07, 6.45) is 9.91. The van der Waals surface area contributed by atoms with Gasteiger partial charge in [0.25, 0.3) is 0 Å². The van der Waals surface area contributed by atoms with Crippen LogP contribution in [0.4, 0.5) is 0 Å². The fourth-order valence-electron chi connectivity index (χ4n) is 3.20. The van der Waals surface area contributed by atoms with Crippen molar-refractivity contribution in [1.82, 2.24) is 10.2 Å². The van der Waals surface area contributed by atoms with Crippen LogP contribution in [0.3, 0.4) is 0 Å². The smallest absolute Gasteiger partial charge is 0.00684 e. The molecule has 0 aromatic heterocycles. The predicted molar refractivity (Wildman–Crippen MR) is 69.7 cm³/mol. The van der Waals surface area contributed by atoms with Crippen LogP contribution < -0.4 is 5.32 Å². The molecule has 0 radical (unpaired) electrons. The van der Waals surface area contributed by atoms with Gasteiger partial charge in [0, 0.05) is 19.1 Å².